The predicted octanol–water partition coefficient (Wildman–Crippen LogP) is 8.84. The Morgan fingerprint density at radius 3 is 1.14 bits per heavy atom. The van der Waals surface area contributed by atoms with E-state index in [9.17, 15) is 0 Å². The van der Waals surface area contributed by atoms with E-state index >= 15 is 0 Å². The fourth-order valence-corrected chi connectivity index (χ4v) is 14.5. The molecule has 1 aromatic rings. The summed E-state index contributed by atoms with van der Waals surface area (Å²) in [6.45, 7) is 13.7. The minimum Gasteiger partial charge on any atom is -0.168 e. The number of hydrogen-bond donors (Lipinski definition) is 0. The Kier molecular flexibility index (Phi) is 11.1. The Morgan fingerprint density at radius 1 is 0.536 bits per heavy atom. The fourth-order valence-electron chi connectivity index (χ4n) is 4.14. The maximum Gasteiger partial charge on any atom is 0.150 e. The van der Waals surface area contributed by atoms with Gasteiger partial charge in [0, 0.05) is 0 Å². The van der Waals surface area contributed by atoms with Gasteiger partial charge in [-0.15, -0.1) is 0 Å². The van der Waals surface area contributed by atoms with Gasteiger partial charge in [0.2, 0.25) is 0 Å². The highest BCUT2D eigenvalue weighted by atomic mass is 35.6. The topological polar surface area (TPSA) is 0 Å². The van der Waals surface area contributed by atoms with Crippen LogP contribution in [-0.2, 0) is 0 Å². The smallest absolute Gasteiger partial charge is 0.150 e. The summed E-state index contributed by atoms with van der Waals surface area (Å²) >= 11 is 20.0. The molecule has 0 aliphatic heterocycles. The zero-order valence-electron chi connectivity index (χ0n) is 18.9. The second-order valence-electron chi connectivity index (χ2n) is 10.4. The van der Waals surface area contributed by atoms with Crippen molar-refractivity contribution in [1.82, 2.24) is 0 Å². The quantitative estimate of drug-likeness (QED) is 0.183. The molecular formula is C21H41Cl3Si4. The Morgan fingerprint density at radius 2 is 0.857 bits per heavy atom. The van der Waals surface area contributed by atoms with Gasteiger partial charge in [-0.3, -0.25) is 0 Å². The molecule has 0 amide bonds. The van der Waals surface area contributed by atoms with E-state index in [1.165, 1.54) is 55.5 Å². The molecule has 0 radical (unpaired) electrons. The van der Waals surface area contributed by atoms with Crippen molar-refractivity contribution in [3.8, 4) is 0 Å². The second-order valence-corrected chi connectivity index (χ2v) is 36.0. The van der Waals surface area contributed by atoms with Crippen LogP contribution in [0.4, 0.5) is 0 Å². The molecule has 0 saturated heterocycles. The Hall–Kier alpha value is 0.958. The van der Waals surface area contributed by atoms with E-state index in [1.54, 1.807) is 5.19 Å². The molecule has 0 unspecified atom stereocenters. The number of halogens is 3. The molecule has 0 saturated carbocycles. The van der Waals surface area contributed by atoms with E-state index in [2.05, 4.69) is 69.6 Å². The van der Waals surface area contributed by atoms with Gasteiger partial charge in [0.15, 0.2) is 0 Å². The van der Waals surface area contributed by atoms with Gasteiger partial charge in [0.25, 0.3) is 0 Å². The lowest BCUT2D eigenvalue weighted by Gasteiger charge is -2.34. The highest BCUT2D eigenvalue weighted by Gasteiger charge is 2.35. The molecule has 0 heterocycles. The van der Waals surface area contributed by atoms with Crippen molar-refractivity contribution >= 4 is 68.6 Å². The first kappa shape index (κ1) is 27.0. The highest BCUT2D eigenvalue weighted by molar-refractivity contribution is 7.19. The summed E-state index contributed by atoms with van der Waals surface area (Å²) in [4.78, 5) is 0. The lowest BCUT2D eigenvalue weighted by atomic mass is 10.4. The largest absolute Gasteiger partial charge is 0.168 e. The lowest BCUT2D eigenvalue weighted by molar-refractivity contribution is 0.920. The van der Waals surface area contributed by atoms with E-state index in [4.69, 9.17) is 33.2 Å². The van der Waals surface area contributed by atoms with Crippen molar-refractivity contribution in [3.63, 3.8) is 0 Å². The minimum atomic E-state index is -1.58. The third kappa shape index (κ3) is 12.0. The van der Waals surface area contributed by atoms with E-state index < -0.39 is 30.2 Å². The molecular weight excluding hydrogens is 471 g/mol. The molecule has 0 aliphatic rings. The third-order valence-corrected chi connectivity index (χ3v) is 17.5. The van der Waals surface area contributed by atoms with E-state index in [0.29, 0.717) is 0 Å². The van der Waals surface area contributed by atoms with Crippen LogP contribution in [0.25, 0.3) is 0 Å². The van der Waals surface area contributed by atoms with Crippen LogP contribution < -0.4 is 5.19 Å². The van der Waals surface area contributed by atoms with Crippen LogP contribution in [-0.4, -0.2) is 30.2 Å². The van der Waals surface area contributed by atoms with Crippen LogP contribution >= 0.6 is 33.2 Å². The highest BCUT2D eigenvalue weighted by Crippen LogP contribution is 2.33. The molecule has 0 N–H and O–H groups in total. The van der Waals surface area contributed by atoms with Gasteiger partial charge in [-0.05, 0) is 18.1 Å². The first-order valence-corrected chi connectivity index (χ1v) is 26.1. The molecule has 0 spiro atoms. The van der Waals surface area contributed by atoms with Gasteiger partial charge in [0.1, 0.15) is 22.2 Å². The molecule has 1 rings (SSSR count). The summed E-state index contributed by atoms with van der Waals surface area (Å²) in [5.74, 6) is 0. The zero-order valence-corrected chi connectivity index (χ0v) is 25.2. The van der Waals surface area contributed by atoms with Crippen molar-refractivity contribution < 1.29 is 0 Å². The van der Waals surface area contributed by atoms with Gasteiger partial charge in [0.05, 0.1) is 8.07 Å². The molecule has 1 aromatic carbocycles. The van der Waals surface area contributed by atoms with Gasteiger partial charge < -0.3 is 0 Å². The summed E-state index contributed by atoms with van der Waals surface area (Å²) in [6, 6.07) is 19.2. The van der Waals surface area contributed by atoms with Gasteiger partial charge in [-0.25, -0.2) is 0 Å². The van der Waals surface area contributed by atoms with Crippen LogP contribution in [0.3, 0.4) is 0 Å². The Labute approximate surface area is 192 Å². The minimum absolute atomic E-state index is 1.22. The molecule has 162 valence electrons. The lowest BCUT2D eigenvalue weighted by Crippen LogP contribution is -2.48. The van der Waals surface area contributed by atoms with Crippen molar-refractivity contribution in [2.75, 3.05) is 0 Å². The summed E-state index contributed by atoms with van der Waals surface area (Å²) in [7, 11) is -6.12. The Bertz CT molecular complexity index is 509. The number of benzene rings is 1. The maximum atomic E-state index is 6.67. The van der Waals surface area contributed by atoms with Crippen LogP contribution in [0.5, 0.6) is 0 Å². The molecule has 0 aliphatic carbocycles. The summed E-state index contributed by atoms with van der Waals surface area (Å²) < 4.78 is 0. The average molecular weight is 512 g/mol. The van der Waals surface area contributed by atoms with Crippen molar-refractivity contribution in [1.29, 1.82) is 0 Å². The van der Waals surface area contributed by atoms with Crippen LogP contribution in [0.15, 0.2) is 30.3 Å². The first-order valence-electron chi connectivity index (χ1n) is 10.8. The summed E-state index contributed by atoms with van der Waals surface area (Å²) in [5, 5.41) is 1.65. The maximum absolute atomic E-state index is 6.67. The number of hydrogen-bond acceptors (Lipinski definition) is 0. The van der Waals surface area contributed by atoms with Crippen LogP contribution in [0.2, 0.25) is 75.5 Å². The molecule has 7 heteroatoms. The standard InChI is InChI=1S/C21H41Cl3Si4/c1-25(2,22)15-10-18-28(19-11-16-26(3,4)23,20-12-17-27(5,6)24)21-13-8-7-9-14-21/h7-9,13-14H,10-12,15-20H2,1-6H3. The molecule has 0 bridgehead atoms. The predicted molar refractivity (Wildman–Crippen MR) is 145 cm³/mol. The zero-order chi connectivity index (χ0) is 21.5. The fraction of sp³-hybridized carbons (Fsp3) is 0.714. The Balaban J connectivity index is 3.04. The van der Waals surface area contributed by atoms with E-state index in [0.717, 1.165) is 0 Å². The summed E-state index contributed by atoms with van der Waals surface area (Å²) in [6.07, 6.45) is 3.85. The molecule has 28 heavy (non-hydrogen) atoms. The van der Waals surface area contributed by atoms with Crippen molar-refractivity contribution in [2.45, 2.75) is 94.8 Å². The second kappa shape index (κ2) is 11.5. The monoisotopic (exact) mass is 510 g/mol. The van der Waals surface area contributed by atoms with Crippen LogP contribution in [0.1, 0.15) is 19.3 Å². The first-order chi connectivity index (χ1) is 12.7. The average Bonchev–Trinajstić information content (AvgIpc) is 2.51. The normalized spacial score (nSPS) is 13.8. The summed E-state index contributed by atoms with van der Waals surface area (Å²) in [5.41, 5.74) is 0. The van der Waals surface area contributed by atoms with Crippen molar-refractivity contribution in [2.24, 2.45) is 0 Å². The number of rotatable bonds is 13. The van der Waals surface area contributed by atoms with Gasteiger partial charge >= 0.3 is 0 Å². The molecule has 0 nitrogen and oxygen atoms in total. The van der Waals surface area contributed by atoms with E-state index in [1.807, 2.05) is 0 Å². The van der Waals surface area contributed by atoms with Crippen molar-refractivity contribution in [3.05, 3.63) is 30.3 Å². The third-order valence-electron chi connectivity index (χ3n) is 5.67. The molecule has 0 fully saturated rings. The SMILES string of the molecule is C[Si](C)(Cl)CCC[Si](CCC[Si](C)(C)Cl)(CCC[Si](C)(C)Cl)c1ccccc1. The van der Waals surface area contributed by atoms with Gasteiger partial charge in [-0.1, -0.05) is 112 Å². The van der Waals surface area contributed by atoms with E-state index in [-0.39, 0.29) is 0 Å². The van der Waals surface area contributed by atoms with Gasteiger partial charge in [-0.2, -0.15) is 33.2 Å². The van der Waals surface area contributed by atoms with Crippen LogP contribution in [0, 0.1) is 0 Å². The molecule has 0 aromatic heterocycles. The molecule has 0 atom stereocenters.